The van der Waals surface area contributed by atoms with Crippen LogP contribution in [0.2, 0.25) is 0 Å². The largest absolute Gasteiger partial charge is 0.494 e. The zero-order valence-corrected chi connectivity index (χ0v) is 16.9. The lowest BCUT2D eigenvalue weighted by Crippen LogP contribution is -2.35. The van der Waals surface area contributed by atoms with Gasteiger partial charge in [-0.2, -0.15) is 0 Å². The highest BCUT2D eigenvalue weighted by Crippen LogP contribution is 2.32. The fourth-order valence-electron chi connectivity index (χ4n) is 3.43. The second kappa shape index (κ2) is 7.83. The minimum Gasteiger partial charge on any atom is -0.494 e. The standard InChI is InChI=1S/C21H19FN2O5S/c1-28-19-9-7-16(13-17(19)22)30(26,27)23-15-6-8-18-14(12-15)4-2-10-24(18)21(25)20-5-3-11-29-20/h3,5-9,11-13,23H,2,4,10H2,1H3. The first-order valence-corrected chi connectivity index (χ1v) is 10.7. The average Bonchev–Trinajstić information content (AvgIpc) is 3.27. The number of hydrogen-bond donors (Lipinski definition) is 1. The van der Waals surface area contributed by atoms with Crippen molar-refractivity contribution in [1.82, 2.24) is 0 Å². The van der Waals surface area contributed by atoms with Crippen LogP contribution in [0.1, 0.15) is 22.5 Å². The van der Waals surface area contributed by atoms with E-state index in [0.29, 0.717) is 24.3 Å². The maximum atomic E-state index is 13.9. The molecule has 4 rings (SSSR count). The number of methoxy groups -OCH3 is 1. The number of amides is 1. The number of halogens is 1. The van der Waals surface area contributed by atoms with Gasteiger partial charge >= 0.3 is 0 Å². The van der Waals surface area contributed by atoms with E-state index in [2.05, 4.69) is 4.72 Å². The number of nitrogens with one attached hydrogen (secondary N) is 1. The molecule has 30 heavy (non-hydrogen) atoms. The van der Waals surface area contributed by atoms with E-state index in [4.69, 9.17) is 9.15 Å². The summed E-state index contributed by atoms with van der Waals surface area (Å²) in [5.74, 6) is -0.806. The lowest BCUT2D eigenvalue weighted by atomic mass is 10.0. The summed E-state index contributed by atoms with van der Waals surface area (Å²) in [5.41, 5.74) is 1.88. The maximum absolute atomic E-state index is 13.9. The zero-order valence-electron chi connectivity index (χ0n) is 16.1. The third kappa shape index (κ3) is 3.76. The molecular weight excluding hydrogens is 411 g/mol. The highest BCUT2D eigenvalue weighted by atomic mass is 32.2. The number of hydrogen-bond acceptors (Lipinski definition) is 5. The summed E-state index contributed by atoms with van der Waals surface area (Å²) >= 11 is 0. The average molecular weight is 430 g/mol. The summed E-state index contributed by atoms with van der Waals surface area (Å²) in [5, 5.41) is 0. The van der Waals surface area contributed by atoms with Crippen molar-refractivity contribution >= 4 is 27.3 Å². The lowest BCUT2D eigenvalue weighted by Gasteiger charge is -2.29. The molecule has 2 heterocycles. The van der Waals surface area contributed by atoms with Crippen molar-refractivity contribution in [3.63, 3.8) is 0 Å². The number of anilines is 2. The monoisotopic (exact) mass is 430 g/mol. The van der Waals surface area contributed by atoms with E-state index in [1.807, 2.05) is 0 Å². The Morgan fingerprint density at radius 2 is 2.03 bits per heavy atom. The molecule has 1 aromatic heterocycles. The molecule has 0 atom stereocenters. The Hall–Kier alpha value is -3.33. The Morgan fingerprint density at radius 1 is 1.20 bits per heavy atom. The predicted molar refractivity (Wildman–Crippen MR) is 109 cm³/mol. The molecule has 1 amide bonds. The number of nitrogens with zero attached hydrogens (tertiary/aromatic N) is 1. The van der Waals surface area contributed by atoms with Crippen LogP contribution >= 0.6 is 0 Å². The van der Waals surface area contributed by atoms with Crippen LogP contribution in [-0.2, 0) is 16.4 Å². The van der Waals surface area contributed by atoms with Crippen molar-refractivity contribution in [2.45, 2.75) is 17.7 Å². The fraction of sp³-hybridized carbons (Fsp3) is 0.190. The summed E-state index contributed by atoms with van der Waals surface area (Å²) in [6.07, 6.45) is 2.88. The van der Waals surface area contributed by atoms with Crippen LogP contribution in [-0.4, -0.2) is 28.0 Å². The van der Waals surface area contributed by atoms with Gasteiger partial charge in [0.2, 0.25) is 0 Å². The van der Waals surface area contributed by atoms with Crippen molar-refractivity contribution in [2.24, 2.45) is 0 Å². The van der Waals surface area contributed by atoms with E-state index >= 15 is 0 Å². The second-order valence-electron chi connectivity index (χ2n) is 6.78. The highest BCUT2D eigenvalue weighted by molar-refractivity contribution is 7.92. The predicted octanol–water partition coefficient (Wildman–Crippen LogP) is 3.82. The molecule has 0 unspecified atom stereocenters. The third-order valence-electron chi connectivity index (χ3n) is 4.86. The number of rotatable bonds is 5. The number of ether oxygens (including phenoxy) is 1. The number of aryl methyl sites for hydroxylation is 1. The van der Waals surface area contributed by atoms with Gasteiger partial charge in [-0.3, -0.25) is 9.52 Å². The molecule has 2 aromatic carbocycles. The molecule has 1 aliphatic rings. The van der Waals surface area contributed by atoms with E-state index < -0.39 is 15.8 Å². The first kappa shape index (κ1) is 20.0. The Balaban J connectivity index is 1.60. The van der Waals surface area contributed by atoms with E-state index in [-0.39, 0.29) is 22.3 Å². The van der Waals surface area contributed by atoms with Crippen molar-refractivity contribution in [1.29, 1.82) is 0 Å². The summed E-state index contributed by atoms with van der Waals surface area (Å²) in [7, 11) is -2.69. The van der Waals surface area contributed by atoms with Crippen LogP contribution in [0.25, 0.3) is 0 Å². The van der Waals surface area contributed by atoms with Crippen molar-refractivity contribution in [3.8, 4) is 5.75 Å². The van der Waals surface area contributed by atoms with Gasteiger partial charge in [-0.05, 0) is 66.9 Å². The van der Waals surface area contributed by atoms with Crippen LogP contribution in [0.4, 0.5) is 15.8 Å². The van der Waals surface area contributed by atoms with Gasteiger partial charge in [0.15, 0.2) is 17.3 Å². The summed E-state index contributed by atoms with van der Waals surface area (Å²) < 4.78 is 51.7. The number of furan rings is 1. The van der Waals surface area contributed by atoms with Gasteiger partial charge in [0, 0.05) is 17.9 Å². The van der Waals surface area contributed by atoms with Crippen LogP contribution in [0.3, 0.4) is 0 Å². The maximum Gasteiger partial charge on any atom is 0.293 e. The molecule has 0 saturated heterocycles. The molecule has 9 heteroatoms. The molecule has 0 bridgehead atoms. The fourth-order valence-corrected chi connectivity index (χ4v) is 4.49. The molecular formula is C21H19FN2O5S. The molecule has 0 radical (unpaired) electrons. The van der Waals surface area contributed by atoms with Crippen molar-refractivity contribution in [3.05, 3.63) is 71.9 Å². The van der Waals surface area contributed by atoms with Gasteiger partial charge in [-0.15, -0.1) is 0 Å². The first-order valence-electron chi connectivity index (χ1n) is 9.24. The number of sulfonamides is 1. The summed E-state index contributed by atoms with van der Waals surface area (Å²) in [4.78, 5) is 14.1. The Kier molecular flexibility index (Phi) is 5.21. The van der Waals surface area contributed by atoms with Crippen LogP contribution < -0.4 is 14.4 Å². The molecule has 0 saturated carbocycles. The van der Waals surface area contributed by atoms with Gasteiger partial charge in [0.25, 0.3) is 15.9 Å². The molecule has 1 N–H and O–H groups in total. The molecule has 156 valence electrons. The second-order valence-corrected chi connectivity index (χ2v) is 8.47. The molecule has 1 aliphatic heterocycles. The molecule has 0 spiro atoms. The minimum absolute atomic E-state index is 0.0379. The van der Waals surface area contributed by atoms with E-state index in [0.717, 1.165) is 18.1 Å². The van der Waals surface area contributed by atoms with Gasteiger partial charge in [0.05, 0.1) is 18.3 Å². The summed E-state index contributed by atoms with van der Waals surface area (Å²) in [6.45, 7) is 0.544. The Morgan fingerprint density at radius 3 is 2.73 bits per heavy atom. The highest BCUT2D eigenvalue weighted by Gasteiger charge is 2.26. The van der Waals surface area contributed by atoms with Gasteiger partial charge in [-0.25, -0.2) is 12.8 Å². The summed E-state index contributed by atoms with van der Waals surface area (Å²) in [6, 6.07) is 11.6. The van der Waals surface area contributed by atoms with Crippen LogP contribution in [0.15, 0.2) is 64.1 Å². The molecule has 0 fully saturated rings. The van der Waals surface area contributed by atoms with Crippen LogP contribution in [0, 0.1) is 5.82 Å². The Bertz CT molecular complexity index is 1190. The first-order chi connectivity index (χ1) is 14.4. The molecule has 3 aromatic rings. The normalized spacial score (nSPS) is 13.6. The smallest absolute Gasteiger partial charge is 0.293 e. The molecule has 7 nitrogen and oxygen atoms in total. The topological polar surface area (TPSA) is 88.9 Å². The van der Waals surface area contributed by atoms with Crippen LogP contribution in [0.5, 0.6) is 5.75 Å². The SMILES string of the molecule is COc1ccc(S(=O)(=O)Nc2ccc3c(c2)CCCN3C(=O)c2ccco2)cc1F. The Labute approximate surface area is 173 Å². The van der Waals surface area contributed by atoms with E-state index in [9.17, 15) is 17.6 Å². The number of carbonyl (C=O) groups excluding carboxylic acids is 1. The van der Waals surface area contributed by atoms with E-state index in [1.165, 1.54) is 25.5 Å². The lowest BCUT2D eigenvalue weighted by molar-refractivity contribution is 0.0958. The number of carbonyl (C=O) groups is 1. The van der Waals surface area contributed by atoms with Crippen molar-refractivity contribution in [2.75, 3.05) is 23.3 Å². The van der Waals surface area contributed by atoms with Gasteiger partial charge < -0.3 is 14.1 Å². The molecule has 0 aliphatic carbocycles. The van der Waals surface area contributed by atoms with Gasteiger partial charge in [-0.1, -0.05) is 0 Å². The number of benzene rings is 2. The number of fused-ring (bicyclic) bond motifs is 1. The minimum atomic E-state index is -3.99. The third-order valence-corrected chi connectivity index (χ3v) is 6.24. The quantitative estimate of drug-likeness (QED) is 0.665. The zero-order chi connectivity index (χ0) is 21.3. The van der Waals surface area contributed by atoms with Crippen molar-refractivity contribution < 1.29 is 26.8 Å². The van der Waals surface area contributed by atoms with Gasteiger partial charge in [0.1, 0.15) is 0 Å². The van der Waals surface area contributed by atoms with E-state index in [1.54, 1.807) is 35.2 Å².